The van der Waals surface area contributed by atoms with Crippen molar-refractivity contribution >= 4 is 23.2 Å². The first-order valence-electron chi connectivity index (χ1n) is 7.30. The normalized spacial score (nSPS) is 17.8. The average molecular weight is 300 g/mol. The number of hydrogen-bond acceptors (Lipinski definition) is 1. The molecule has 2 rings (SSSR count). The summed E-state index contributed by atoms with van der Waals surface area (Å²) in [6, 6.07) is 5.81. The van der Waals surface area contributed by atoms with Crippen LogP contribution in [-0.4, -0.2) is 13.1 Å². The van der Waals surface area contributed by atoms with Crippen molar-refractivity contribution in [1.29, 1.82) is 0 Å². The van der Waals surface area contributed by atoms with Crippen LogP contribution in [0.25, 0.3) is 0 Å². The van der Waals surface area contributed by atoms with Crippen molar-refractivity contribution in [2.24, 2.45) is 5.41 Å². The Labute approximate surface area is 126 Å². The number of benzene rings is 1. The predicted octanol–water partition coefficient (Wildman–Crippen LogP) is 5.10. The number of halogens is 2. The van der Waals surface area contributed by atoms with E-state index in [0.717, 1.165) is 29.6 Å². The summed E-state index contributed by atoms with van der Waals surface area (Å²) < 4.78 is 0. The van der Waals surface area contributed by atoms with Crippen LogP contribution in [0.2, 0.25) is 10.0 Å². The fourth-order valence-electron chi connectivity index (χ4n) is 3.15. The van der Waals surface area contributed by atoms with Gasteiger partial charge in [0.2, 0.25) is 0 Å². The molecule has 106 valence electrons. The van der Waals surface area contributed by atoms with E-state index in [0.29, 0.717) is 5.41 Å². The Morgan fingerprint density at radius 2 is 1.95 bits per heavy atom. The molecule has 1 aromatic rings. The fourth-order valence-corrected chi connectivity index (χ4v) is 3.53. The largest absolute Gasteiger partial charge is 0.316 e. The van der Waals surface area contributed by atoms with Gasteiger partial charge in [-0.1, -0.05) is 43.0 Å². The second kappa shape index (κ2) is 6.97. The van der Waals surface area contributed by atoms with E-state index in [9.17, 15) is 0 Å². The van der Waals surface area contributed by atoms with Gasteiger partial charge in [-0.3, -0.25) is 0 Å². The topological polar surface area (TPSA) is 12.0 Å². The van der Waals surface area contributed by atoms with Crippen molar-refractivity contribution < 1.29 is 0 Å². The first-order chi connectivity index (χ1) is 9.15. The minimum Gasteiger partial charge on any atom is -0.316 e. The second-order valence-corrected chi connectivity index (χ2v) is 6.64. The van der Waals surface area contributed by atoms with Gasteiger partial charge in [-0.05, 0) is 61.4 Å². The zero-order chi connectivity index (χ0) is 13.7. The van der Waals surface area contributed by atoms with Crippen LogP contribution in [0.3, 0.4) is 0 Å². The van der Waals surface area contributed by atoms with Gasteiger partial charge in [0.15, 0.2) is 0 Å². The highest BCUT2D eigenvalue weighted by atomic mass is 35.5. The maximum atomic E-state index is 6.32. The van der Waals surface area contributed by atoms with E-state index in [4.69, 9.17) is 23.2 Å². The molecule has 1 N–H and O–H groups in total. The Hall–Kier alpha value is -0.240. The van der Waals surface area contributed by atoms with Crippen molar-refractivity contribution in [3.63, 3.8) is 0 Å². The smallest absolute Gasteiger partial charge is 0.0439 e. The third-order valence-electron chi connectivity index (χ3n) is 4.16. The highest BCUT2D eigenvalue weighted by Crippen LogP contribution is 2.41. The number of hydrogen-bond donors (Lipinski definition) is 1. The maximum Gasteiger partial charge on any atom is 0.0439 e. The molecular formula is C16H23Cl2N. The van der Waals surface area contributed by atoms with Crippen molar-refractivity contribution in [3.05, 3.63) is 33.8 Å². The summed E-state index contributed by atoms with van der Waals surface area (Å²) in [5, 5.41) is 5.24. The summed E-state index contributed by atoms with van der Waals surface area (Å²) in [5.41, 5.74) is 1.58. The fraction of sp³-hybridized carbons (Fsp3) is 0.625. The summed E-state index contributed by atoms with van der Waals surface area (Å²) in [7, 11) is 0. The molecule has 1 aromatic carbocycles. The van der Waals surface area contributed by atoms with E-state index < -0.39 is 0 Å². The molecule has 0 saturated heterocycles. The molecule has 0 atom stereocenters. The predicted molar refractivity (Wildman–Crippen MR) is 84.2 cm³/mol. The van der Waals surface area contributed by atoms with Crippen LogP contribution in [0.5, 0.6) is 0 Å². The molecule has 0 heterocycles. The van der Waals surface area contributed by atoms with Gasteiger partial charge in [0.05, 0.1) is 0 Å². The zero-order valence-electron chi connectivity index (χ0n) is 11.6. The van der Waals surface area contributed by atoms with E-state index in [2.05, 4.69) is 12.2 Å². The van der Waals surface area contributed by atoms with Gasteiger partial charge in [-0.15, -0.1) is 0 Å². The molecule has 1 aliphatic rings. The van der Waals surface area contributed by atoms with Gasteiger partial charge in [0, 0.05) is 16.6 Å². The van der Waals surface area contributed by atoms with E-state index in [1.165, 1.54) is 37.7 Å². The molecule has 19 heavy (non-hydrogen) atoms. The minimum atomic E-state index is 0.378. The molecular weight excluding hydrogens is 277 g/mol. The Bertz CT molecular complexity index is 411. The standard InChI is InChI=1S/C16H23Cl2N/c1-2-9-19-12-16(7-3-4-8-16)11-13-10-14(17)5-6-15(13)18/h5-6,10,19H,2-4,7-9,11-12H2,1H3. The summed E-state index contributed by atoms with van der Waals surface area (Å²) >= 11 is 12.4. The Kier molecular flexibility index (Phi) is 5.56. The number of nitrogens with one attached hydrogen (secondary N) is 1. The monoisotopic (exact) mass is 299 g/mol. The molecule has 0 unspecified atom stereocenters. The van der Waals surface area contributed by atoms with E-state index in [1.807, 2.05) is 18.2 Å². The lowest BCUT2D eigenvalue weighted by Gasteiger charge is -2.30. The highest BCUT2D eigenvalue weighted by Gasteiger charge is 2.34. The molecule has 0 aliphatic heterocycles. The van der Waals surface area contributed by atoms with Crippen LogP contribution < -0.4 is 5.32 Å². The van der Waals surface area contributed by atoms with Crippen LogP contribution in [-0.2, 0) is 6.42 Å². The van der Waals surface area contributed by atoms with Crippen LogP contribution >= 0.6 is 23.2 Å². The molecule has 0 spiro atoms. The molecule has 1 fully saturated rings. The van der Waals surface area contributed by atoms with Gasteiger partial charge in [0.1, 0.15) is 0 Å². The molecule has 0 aromatic heterocycles. The SMILES string of the molecule is CCCNCC1(Cc2cc(Cl)ccc2Cl)CCCC1. The summed E-state index contributed by atoms with van der Waals surface area (Å²) in [6.07, 6.45) is 7.51. The Morgan fingerprint density at radius 1 is 1.21 bits per heavy atom. The van der Waals surface area contributed by atoms with Crippen molar-refractivity contribution in [2.75, 3.05) is 13.1 Å². The zero-order valence-corrected chi connectivity index (χ0v) is 13.2. The lowest BCUT2D eigenvalue weighted by Crippen LogP contribution is -2.34. The lowest BCUT2D eigenvalue weighted by molar-refractivity contribution is 0.278. The Balaban J connectivity index is 2.09. The quantitative estimate of drug-likeness (QED) is 0.721. The molecule has 1 saturated carbocycles. The second-order valence-electron chi connectivity index (χ2n) is 5.80. The number of rotatable bonds is 6. The molecule has 1 aliphatic carbocycles. The van der Waals surface area contributed by atoms with Crippen LogP contribution in [0, 0.1) is 5.41 Å². The first kappa shape index (κ1) is 15.2. The first-order valence-corrected chi connectivity index (χ1v) is 8.05. The molecule has 0 radical (unpaired) electrons. The van der Waals surface area contributed by atoms with Gasteiger partial charge < -0.3 is 5.32 Å². The van der Waals surface area contributed by atoms with E-state index in [-0.39, 0.29) is 0 Å². The van der Waals surface area contributed by atoms with E-state index in [1.54, 1.807) is 0 Å². The van der Waals surface area contributed by atoms with Gasteiger partial charge in [0.25, 0.3) is 0 Å². The van der Waals surface area contributed by atoms with Crippen molar-refractivity contribution in [2.45, 2.75) is 45.4 Å². The third-order valence-corrected chi connectivity index (χ3v) is 4.77. The highest BCUT2D eigenvalue weighted by molar-refractivity contribution is 6.33. The average Bonchev–Trinajstić information content (AvgIpc) is 2.83. The van der Waals surface area contributed by atoms with Gasteiger partial charge >= 0.3 is 0 Å². The molecule has 0 amide bonds. The van der Waals surface area contributed by atoms with Gasteiger partial charge in [-0.2, -0.15) is 0 Å². The third kappa shape index (κ3) is 4.11. The summed E-state index contributed by atoms with van der Waals surface area (Å²) in [6.45, 7) is 4.41. The van der Waals surface area contributed by atoms with Gasteiger partial charge in [-0.25, -0.2) is 0 Å². The van der Waals surface area contributed by atoms with Crippen molar-refractivity contribution in [3.8, 4) is 0 Å². The van der Waals surface area contributed by atoms with Crippen LogP contribution in [0.15, 0.2) is 18.2 Å². The van der Waals surface area contributed by atoms with Crippen LogP contribution in [0.4, 0.5) is 0 Å². The summed E-state index contributed by atoms with van der Waals surface area (Å²) in [5.74, 6) is 0. The molecule has 3 heteroatoms. The van der Waals surface area contributed by atoms with E-state index >= 15 is 0 Å². The van der Waals surface area contributed by atoms with Crippen molar-refractivity contribution in [1.82, 2.24) is 5.32 Å². The molecule has 1 nitrogen and oxygen atoms in total. The lowest BCUT2D eigenvalue weighted by atomic mass is 9.80. The summed E-state index contributed by atoms with van der Waals surface area (Å²) in [4.78, 5) is 0. The van der Waals surface area contributed by atoms with Crippen LogP contribution in [0.1, 0.15) is 44.6 Å². The molecule has 0 bridgehead atoms. The Morgan fingerprint density at radius 3 is 2.63 bits per heavy atom. The maximum absolute atomic E-state index is 6.32. The minimum absolute atomic E-state index is 0.378.